The first-order valence-corrected chi connectivity index (χ1v) is 8.16. The van der Waals surface area contributed by atoms with Gasteiger partial charge in [0.25, 0.3) is 5.56 Å². The second kappa shape index (κ2) is 6.59. The molecule has 3 aromatic rings. The molecule has 0 aliphatic rings. The summed E-state index contributed by atoms with van der Waals surface area (Å²) in [5, 5.41) is 0.748. The van der Waals surface area contributed by atoms with Gasteiger partial charge in [0.15, 0.2) is 5.65 Å². The smallest absolute Gasteiger partial charge is 0.338 e. The number of aryl methyl sites for hydroxylation is 1. The van der Waals surface area contributed by atoms with Crippen molar-refractivity contribution >= 4 is 40.2 Å². The quantitative estimate of drug-likeness (QED) is 0.624. The van der Waals surface area contributed by atoms with Crippen molar-refractivity contribution in [1.29, 1.82) is 0 Å². The molecule has 3 rings (SSSR count). The lowest BCUT2D eigenvalue weighted by atomic mass is 10.1. The number of hydrogen-bond acceptors (Lipinski definition) is 5. The topological polar surface area (TPSA) is 83.2 Å². The summed E-state index contributed by atoms with van der Waals surface area (Å²) in [7, 11) is 4.00. The van der Waals surface area contributed by atoms with E-state index in [9.17, 15) is 14.4 Å². The zero-order valence-corrected chi connectivity index (χ0v) is 15.6. The Balaban J connectivity index is 2.51. The molecule has 0 bridgehead atoms. The summed E-state index contributed by atoms with van der Waals surface area (Å²) in [6.07, 6.45) is 0. The second-order valence-corrected chi connectivity index (χ2v) is 6.42. The number of ether oxygens (including phenoxy) is 1. The van der Waals surface area contributed by atoms with Gasteiger partial charge in [-0.15, -0.1) is 0 Å². The van der Waals surface area contributed by atoms with Gasteiger partial charge in [0, 0.05) is 24.7 Å². The fourth-order valence-electron chi connectivity index (χ4n) is 2.66. The monoisotopic (exact) mass is 393 g/mol. The van der Waals surface area contributed by atoms with Crippen LogP contribution in [0.25, 0.3) is 22.3 Å². The van der Waals surface area contributed by atoms with E-state index in [1.54, 1.807) is 12.1 Å². The Morgan fingerprint density at radius 2 is 1.81 bits per heavy atom. The number of rotatable bonds is 2. The predicted molar refractivity (Wildman–Crippen MR) is 99.0 cm³/mol. The summed E-state index contributed by atoms with van der Waals surface area (Å²) in [5.74, 6) is -0.723. The maximum Gasteiger partial charge on any atom is 0.338 e. The second-order valence-electron chi connectivity index (χ2n) is 5.58. The van der Waals surface area contributed by atoms with Gasteiger partial charge < -0.3 is 4.74 Å². The van der Waals surface area contributed by atoms with E-state index in [0.29, 0.717) is 21.3 Å². The van der Waals surface area contributed by atoms with Gasteiger partial charge in [0.2, 0.25) is 0 Å². The predicted octanol–water partition coefficient (Wildman–Crippen LogP) is 2.39. The van der Waals surface area contributed by atoms with E-state index in [1.165, 1.54) is 37.9 Å². The van der Waals surface area contributed by atoms with Crippen molar-refractivity contribution in [3.8, 4) is 11.3 Å². The molecule has 7 nitrogen and oxygen atoms in total. The summed E-state index contributed by atoms with van der Waals surface area (Å²) < 4.78 is 6.89. The highest BCUT2D eigenvalue weighted by atomic mass is 35.5. The van der Waals surface area contributed by atoms with Crippen LogP contribution in [0.15, 0.2) is 33.9 Å². The van der Waals surface area contributed by atoms with Crippen LogP contribution in [0.2, 0.25) is 10.0 Å². The minimum absolute atomic E-state index is 0.00436. The number of halogens is 2. The van der Waals surface area contributed by atoms with E-state index in [4.69, 9.17) is 27.9 Å². The lowest BCUT2D eigenvalue weighted by Crippen LogP contribution is -2.38. The molecular formula is C17H13Cl2N3O4. The first-order valence-electron chi connectivity index (χ1n) is 7.40. The van der Waals surface area contributed by atoms with Crippen molar-refractivity contribution < 1.29 is 9.53 Å². The number of benzene rings is 1. The summed E-state index contributed by atoms with van der Waals surface area (Å²) in [6.45, 7) is 0. The van der Waals surface area contributed by atoms with Crippen LogP contribution in [-0.4, -0.2) is 27.2 Å². The van der Waals surface area contributed by atoms with Crippen LogP contribution in [0.4, 0.5) is 0 Å². The number of pyridine rings is 1. The van der Waals surface area contributed by atoms with Gasteiger partial charge in [0.1, 0.15) is 0 Å². The van der Waals surface area contributed by atoms with Crippen molar-refractivity contribution in [1.82, 2.24) is 14.1 Å². The molecule has 1 aromatic carbocycles. The van der Waals surface area contributed by atoms with Gasteiger partial charge in [-0.3, -0.25) is 13.9 Å². The first kappa shape index (κ1) is 18.2. The molecule has 0 unspecified atom stereocenters. The Morgan fingerprint density at radius 3 is 2.42 bits per heavy atom. The zero-order valence-electron chi connectivity index (χ0n) is 14.0. The lowest BCUT2D eigenvalue weighted by molar-refractivity contribution is 0.0603. The third-order valence-electron chi connectivity index (χ3n) is 4.02. The van der Waals surface area contributed by atoms with Gasteiger partial charge in [-0.05, 0) is 24.3 Å². The Bertz CT molecular complexity index is 1180. The number of carbonyl (C=O) groups excluding carboxylic acids is 1. The van der Waals surface area contributed by atoms with Crippen LogP contribution in [0, 0.1) is 0 Å². The van der Waals surface area contributed by atoms with Crippen molar-refractivity contribution in [3.63, 3.8) is 0 Å². The molecule has 0 N–H and O–H groups in total. The number of fused-ring (bicyclic) bond motifs is 1. The van der Waals surface area contributed by atoms with E-state index >= 15 is 0 Å². The van der Waals surface area contributed by atoms with Crippen molar-refractivity contribution in [3.05, 3.63) is 60.7 Å². The van der Waals surface area contributed by atoms with Crippen LogP contribution in [0.1, 0.15) is 10.4 Å². The summed E-state index contributed by atoms with van der Waals surface area (Å²) in [6, 6.07) is 6.20. The molecule has 2 aromatic heterocycles. The van der Waals surface area contributed by atoms with Gasteiger partial charge in [-0.25, -0.2) is 14.6 Å². The Labute approximate surface area is 157 Å². The van der Waals surface area contributed by atoms with Gasteiger partial charge >= 0.3 is 11.7 Å². The lowest BCUT2D eigenvalue weighted by Gasteiger charge is -2.12. The highest BCUT2D eigenvalue weighted by Gasteiger charge is 2.21. The third kappa shape index (κ3) is 2.79. The van der Waals surface area contributed by atoms with Crippen LogP contribution in [0.3, 0.4) is 0 Å². The van der Waals surface area contributed by atoms with Crippen molar-refractivity contribution in [2.75, 3.05) is 7.11 Å². The molecule has 0 amide bonds. The molecule has 0 fully saturated rings. The van der Waals surface area contributed by atoms with E-state index in [0.717, 1.165) is 4.57 Å². The zero-order chi connectivity index (χ0) is 19.2. The molecule has 0 saturated carbocycles. The SMILES string of the molecule is COC(=O)c1cc(-c2ccc(Cl)cc2Cl)nc2c1c(=O)n(C)c(=O)n2C. The number of carbonyl (C=O) groups is 1. The Hall–Kier alpha value is -2.64. The highest BCUT2D eigenvalue weighted by Crippen LogP contribution is 2.31. The molecule has 0 radical (unpaired) electrons. The maximum absolute atomic E-state index is 12.6. The Morgan fingerprint density at radius 1 is 1.12 bits per heavy atom. The number of nitrogens with zero attached hydrogens (tertiary/aromatic N) is 3. The average molecular weight is 394 g/mol. The van der Waals surface area contributed by atoms with Crippen molar-refractivity contribution in [2.45, 2.75) is 0 Å². The maximum atomic E-state index is 12.6. The highest BCUT2D eigenvalue weighted by molar-refractivity contribution is 6.36. The molecule has 2 heterocycles. The Kier molecular flexibility index (Phi) is 4.60. The fourth-order valence-corrected chi connectivity index (χ4v) is 3.17. The van der Waals surface area contributed by atoms with Gasteiger partial charge in [-0.1, -0.05) is 23.2 Å². The summed E-state index contributed by atoms with van der Waals surface area (Å²) in [5.41, 5.74) is -0.342. The van der Waals surface area contributed by atoms with Crippen LogP contribution in [0.5, 0.6) is 0 Å². The summed E-state index contributed by atoms with van der Waals surface area (Å²) >= 11 is 12.2. The standard InChI is InChI=1S/C17H13Cl2N3O4/c1-21-14-13(15(23)22(2)17(21)25)10(16(24)26-3)7-12(20-14)9-5-4-8(18)6-11(9)19/h4-7H,1-3H3. The largest absolute Gasteiger partial charge is 0.465 e. The minimum Gasteiger partial charge on any atom is -0.465 e. The van der Waals surface area contributed by atoms with E-state index < -0.39 is 17.2 Å². The minimum atomic E-state index is -0.723. The average Bonchev–Trinajstić information content (AvgIpc) is 2.63. The molecule has 134 valence electrons. The van der Waals surface area contributed by atoms with Crippen LogP contribution >= 0.6 is 23.2 Å². The molecule has 0 spiro atoms. The van der Waals surface area contributed by atoms with E-state index in [-0.39, 0.29) is 16.6 Å². The van der Waals surface area contributed by atoms with E-state index in [1.807, 2.05) is 0 Å². The normalized spacial score (nSPS) is 11.0. The molecule has 0 saturated heterocycles. The van der Waals surface area contributed by atoms with Crippen LogP contribution < -0.4 is 11.2 Å². The molecule has 0 aliphatic carbocycles. The van der Waals surface area contributed by atoms with Gasteiger partial charge in [-0.2, -0.15) is 0 Å². The number of methoxy groups -OCH3 is 1. The van der Waals surface area contributed by atoms with Crippen LogP contribution in [-0.2, 0) is 18.8 Å². The molecular weight excluding hydrogens is 381 g/mol. The fraction of sp³-hybridized carbons (Fsp3) is 0.176. The molecule has 0 aliphatic heterocycles. The number of aromatic nitrogens is 3. The molecule has 0 atom stereocenters. The first-order chi connectivity index (χ1) is 12.3. The van der Waals surface area contributed by atoms with E-state index in [2.05, 4.69) is 4.98 Å². The summed E-state index contributed by atoms with van der Waals surface area (Å²) in [4.78, 5) is 41.5. The number of esters is 1. The molecule has 26 heavy (non-hydrogen) atoms. The van der Waals surface area contributed by atoms with Gasteiger partial charge in [0.05, 0.1) is 28.8 Å². The third-order valence-corrected chi connectivity index (χ3v) is 4.57. The van der Waals surface area contributed by atoms with Crippen molar-refractivity contribution in [2.24, 2.45) is 14.1 Å². The number of hydrogen-bond donors (Lipinski definition) is 0. The molecule has 9 heteroatoms.